The molecule has 1 N–H and O–H groups in total. The maximum atomic E-state index is 15.6. The molecule has 1 aliphatic rings. The number of hydrogen-bond acceptors (Lipinski definition) is 6. The molecule has 1 saturated heterocycles. The van der Waals surface area contributed by atoms with Crippen LogP contribution in [0.3, 0.4) is 0 Å². The molecule has 0 saturated carbocycles. The molecule has 0 aliphatic carbocycles. The Bertz CT molecular complexity index is 1820. The van der Waals surface area contributed by atoms with Gasteiger partial charge in [-0.1, -0.05) is 35.1 Å². The van der Waals surface area contributed by atoms with Crippen LogP contribution >= 0.6 is 0 Å². The number of nitrogens with zero attached hydrogens (tertiary/aromatic N) is 3. The molecular formula is C30H28F4N4O5. The third-order valence-corrected chi connectivity index (χ3v) is 6.77. The second kappa shape index (κ2) is 11.5. The van der Waals surface area contributed by atoms with Crippen LogP contribution in [0.1, 0.15) is 32.8 Å². The van der Waals surface area contributed by atoms with Crippen LogP contribution in [-0.2, 0) is 11.3 Å². The average Bonchev–Trinajstić information content (AvgIpc) is 3.39. The highest BCUT2D eigenvalue weighted by molar-refractivity contribution is 5.84. The van der Waals surface area contributed by atoms with Crippen LogP contribution in [0.15, 0.2) is 64.2 Å². The van der Waals surface area contributed by atoms with Gasteiger partial charge in [-0.2, -0.15) is 0 Å². The lowest BCUT2D eigenvalue weighted by atomic mass is 10.1. The van der Waals surface area contributed by atoms with Gasteiger partial charge in [0.2, 0.25) is 0 Å². The van der Waals surface area contributed by atoms with Gasteiger partial charge in [0.1, 0.15) is 23.8 Å². The lowest BCUT2D eigenvalue weighted by molar-refractivity contribution is 0.0509. The first-order chi connectivity index (χ1) is 20.3. The highest BCUT2D eigenvalue weighted by Gasteiger charge is 2.29. The molecule has 43 heavy (non-hydrogen) atoms. The molecule has 2 heterocycles. The topological polar surface area (TPSA) is 94.8 Å². The van der Waals surface area contributed by atoms with Gasteiger partial charge in [0.05, 0.1) is 28.3 Å². The van der Waals surface area contributed by atoms with E-state index in [2.05, 4.69) is 5.32 Å². The maximum absolute atomic E-state index is 15.6. The molecule has 1 amide bonds. The lowest BCUT2D eigenvalue weighted by Gasteiger charge is -2.23. The Kier molecular flexibility index (Phi) is 7.91. The smallest absolute Gasteiger partial charge is 0.407 e. The number of hydrogen-bond donors (Lipinski definition) is 1. The van der Waals surface area contributed by atoms with E-state index < -0.39 is 57.9 Å². The van der Waals surface area contributed by atoms with E-state index in [-0.39, 0.29) is 42.4 Å². The second-order valence-electron chi connectivity index (χ2n) is 11.1. The van der Waals surface area contributed by atoms with Crippen molar-refractivity contribution in [2.75, 3.05) is 18.0 Å². The van der Waals surface area contributed by atoms with Crippen LogP contribution in [0.5, 0.6) is 0 Å². The number of nitrogens with one attached hydrogen (secondary N) is 1. The van der Waals surface area contributed by atoms with Crippen molar-refractivity contribution in [3.8, 4) is 5.69 Å². The summed E-state index contributed by atoms with van der Waals surface area (Å²) in [6, 6.07) is 10.9. The van der Waals surface area contributed by atoms with Crippen molar-refractivity contribution in [2.24, 2.45) is 0 Å². The predicted octanol–water partition coefficient (Wildman–Crippen LogP) is 4.44. The molecule has 3 aromatic carbocycles. The van der Waals surface area contributed by atoms with Crippen molar-refractivity contribution in [3.05, 3.63) is 104 Å². The van der Waals surface area contributed by atoms with Crippen LogP contribution < -0.4 is 26.3 Å². The average molecular weight is 601 g/mol. The van der Waals surface area contributed by atoms with Gasteiger partial charge in [0.25, 0.3) is 5.56 Å². The van der Waals surface area contributed by atoms with E-state index >= 15 is 8.78 Å². The van der Waals surface area contributed by atoms with E-state index in [9.17, 15) is 23.2 Å². The Morgan fingerprint density at radius 2 is 1.60 bits per heavy atom. The SMILES string of the molecule is CC(C)(C)OC(=O)NC1CCN(c2cc3c(cc2F)c(=O)n(OCc2ccccc2)c(=O)n3-c2cc(F)c(F)cc2F)C1. The molecule has 9 nitrogen and oxygen atoms in total. The van der Waals surface area contributed by atoms with Crippen LogP contribution in [0.4, 0.5) is 28.0 Å². The molecular weight excluding hydrogens is 572 g/mol. The van der Waals surface area contributed by atoms with Gasteiger partial charge in [-0.3, -0.25) is 9.36 Å². The summed E-state index contributed by atoms with van der Waals surface area (Å²) in [4.78, 5) is 46.3. The van der Waals surface area contributed by atoms with Gasteiger partial charge in [0, 0.05) is 25.2 Å². The molecule has 0 bridgehead atoms. The predicted molar refractivity (Wildman–Crippen MR) is 150 cm³/mol. The van der Waals surface area contributed by atoms with Crippen LogP contribution in [0.2, 0.25) is 0 Å². The van der Waals surface area contributed by atoms with Crippen LogP contribution in [0.25, 0.3) is 16.6 Å². The zero-order valence-corrected chi connectivity index (χ0v) is 23.5. The Labute approximate surface area is 242 Å². The first-order valence-electron chi connectivity index (χ1n) is 13.4. The molecule has 226 valence electrons. The molecule has 1 aliphatic heterocycles. The monoisotopic (exact) mass is 600 g/mol. The summed E-state index contributed by atoms with van der Waals surface area (Å²) in [7, 11) is 0. The number of benzene rings is 3. The molecule has 1 unspecified atom stereocenters. The third kappa shape index (κ3) is 6.20. The fourth-order valence-corrected chi connectivity index (χ4v) is 4.85. The molecule has 1 fully saturated rings. The normalized spacial score (nSPS) is 15.1. The summed E-state index contributed by atoms with van der Waals surface area (Å²) in [5.74, 6) is -5.07. The number of fused-ring (bicyclic) bond motifs is 1. The standard InChI is InChI=1S/C30H28F4N4O5/c1-30(2,3)43-28(40)35-18-9-10-36(15-18)25-14-24-19(11-22(25)33)27(39)38(42-16-17-7-5-4-6-8-17)29(41)37(24)26-13-21(32)20(31)12-23(26)34/h4-8,11-14,18H,9-10,15-16H2,1-3H3,(H,35,40). The number of halogens is 4. The minimum Gasteiger partial charge on any atom is -0.444 e. The number of alkyl carbamates (subject to hydrolysis) is 1. The van der Waals surface area contributed by atoms with Crippen molar-refractivity contribution < 1.29 is 31.9 Å². The summed E-state index contributed by atoms with van der Waals surface area (Å²) in [5.41, 5.74) is -3.42. The minimum absolute atomic E-state index is 0.0560. The van der Waals surface area contributed by atoms with Gasteiger partial charge in [-0.15, -0.1) is 0 Å². The zero-order valence-electron chi connectivity index (χ0n) is 23.5. The zero-order chi connectivity index (χ0) is 31.1. The highest BCUT2D eigenvalue weighted by atomic mass is 19.2. The number of anilines is 1. The number of rotatable bonds is 6. The minimum atomic E-state index is -1.49. The van der Waals surface area contributed by atoms with Gasteiger partial charge in [-0.25, -0.2) is 27.2 Å². The summed E-state index contributed by atoms with van der Waals surface area (Å²) in [6.07, 6.45) is -0.215. The quantitative estimate of drug-likeness (QED) is 0.260. The van der Waals surface area contributed by atoms with Crippen LogP contribution in [0, 0.1) is 23.3 Å². The van der Waals surface area contributed by atoms with E-state index in [1.54, 1.807) is 56.0 Å². The number of ether oxygens (including phenoxy) is 1. The first kappa shape index (κ1) is 29.7. The Balaban J connectivity index is 1.60. The summed E-state index contributed by atoms with van der Waals surface area (Å²) in [5, 5.41) is 2.35. The van der Waals surface area contributed by atoms with Gasteiger partial charge >= 0.3 is 11.8 Å². The Morgan fingerprint density at radius 1 is 0.930 bits per heavy atom. The summed E-state index contributed by atoms with van der Waals surface area (Å²) in [6.45, 7) is 5.34. The van der Waals surface area contributed by atoms with Crippen molar-refractivity contribution in [3.63, 3.8) is 0 Å². The first-order valence-corrected chi connectivity index (χ1v) is 13.4. The van der Waals surface area contributed by atoms with E-state index in [4.69, 9.17) is 9.57 Å². The third-order valence-electron chi connectivity index (χ3n) is 6.77. The van der Waals surface area contributed by atoms with E-state index in [1.807, 2.05) is 0 Å². The molecule has 13 heteroatoms. The number of carbonyl (C=O) groups excluding carboxylic acids is 1. The van der Waals surface area contributed by atoms with Gasteiger partial charge < -0.3 is 19.8 Å². The molecule has 5 rings (SSSR count). The van der Waals surface area contributed by atoms with Crippen molar-refractivity contribution in [1.29, 1.82) is 0 Å². The molecule has 1 aromatic heterocycles. The van der Waals surface area contributed by atoms with Crippen molar-refractivity contribution in [1.82, 2.24) is 14.6 Å². The molecule has 0 spiro atoms. The van der Waals surface area contributed by atoms with Gasteiger partial charge in [-0.05, 0) is 44.9 Å². The number of aromatic nitrogens is 2. The lowest BCUT2D eigenvalue weighted by Crippen LogP contribution is -2.43. The van der Waals surface area contributed by atoms with Gasteiger partial charge in [0.15, 0.2) is 11.6 Å². The Hall–Kier alpha value is -4.81. The fraction of sp³-hybridized carbons (Fsp3) is 0.300. The molecule has 0 radical (unpaired) electrons. The van der Waals surface area contributed by atoms with Crippen LogP contribution in [-0.4, -0.2) is 40.1 Å². The summed E-state index contributed by atoms with van der Waals surface area (Å²) >= 11 is 0. The van der Waals surface area contributed by atoms with E-state index in [0.29, 0.717) is 27.3 Å². The number of carbonyl (C=O) groups is 1. The fourth-order valence-electron chi connectivity index (χ4n) is 4.85. The number of amides is 1. The van der Waals surface area contributed by atoms with E-state index in [1.165, 1.54) is 0 Å². The highest BCUT2D eigenvalue weighted by Crippen LogP contribution is 2.29. The molecule has 4 aromatic rings. The Morgan fingerprint density at radius 3 is 2.30 bits per heavy atom. The van der Waals surface area contributed by atoms with E-state index in [0.717, 1.165) is 12.1 Å². The largest absolute Gasteiger partial charge is 0.444 e. The maximum Gasteiger partial charge on any atom is 0.407 e. The second-order valence-corrected chi connectivity index (χ2v) is 11.1. The summed E-state index contributed by atoms with van der Waals surface area (Å²) < 4.78 is 64.9. The van der Waals surface area contributed by atoms with Crippen molar-refractivity contribution in [2.45, 2.75) is 45.4 Å². The molecule has 1 atom stereocenters. The van der Waals surface area contributed by atoms with Crippen molar-refractivity contribution >= 4 is 22.7 Å².